The third-order valence-corrected chi connectivity index (χ3v) is 2.94. The molecule has 0 aliphatic carbocycles. The molecule has 17 heavy (non-hydrogen) atoms. The maximum absolute atomic E-state index is 9.55. The molecule has 0 spiro atoms. The van der Waals surface area contributed by atoms with Gasteiger partial charge in [-0.2, -0.15) is 0 Å². The molecule has 3 heteroatoms. The SMILES string of the molecule is CCc1cc2ccc(C(C)O)cc2nc1OC. The predicted octanol–water partition coefficient (Wildman–Crippen LogP) is 2.86. The normalized spacial score (nSPS) is 12.7. The molecule has 1 atom stereocenters. The van der Waals surface area contributed by atoms with Crippen LogP contribution in [-0.4, -0.2) is 17.2 Å². The van der Waals surface area contributed by atoms with Gasteiger partial charge in [0.25, 0.3) is 0 Å². The van der Waals surface area contributed by atoms with E-state index in [4.69, 9.17) is 4.74 Å². The molecule has 1 unspecified atom stereocenters. The van der Waals surface area contributed by atoms with Crippen molar-refractivity contribution in [2.24, 2.45) is 0 Å². The number of hydrogen-bond acceptors (Lipinski definition) is 3. The van der Waals surface area contributed by atoms with Crippen LogP contribution in [0.1, 0.15) is 31.1 Å². The highest BCUT2D eigenvalue weighted by atomic mass is 16.5. The molecule has 2 aromatic rings. The van der Waals surface area contributed by atoms with Gasteiger partial charge in [0.2, 0.25) is 5.88 Å². The second-order valence-electron chi connectivity index (χ2n) is 4.14. The number of aryl methyl sites for hydroxylation is 1. The van der Waals surface area contributed by atoms with Gasteiger partial charge in [0, 0.05) is 10.9 Å². The van der Waals surface area contributed by atoms with Crippen molar-refractivity contribution in [2.75, 3.05) is 7.11 Å². The monoisotopic (exact) mass is 231 g/mol. The molecule has 0 bridgehead atoms. The highest BCUT2D eigenvalue weighted by molar-refractivity contribution is 5.81. The maximum Gasteiger partial charge on any atom is 0.216 e. The van der Waals surface area contributed by atoms with Crippen LogP contribution in [0.2, 0.25) is 0 Å². The van der Waals surface area contributed by atoms with E-state index in [0.29, 0.717) is 5.88 Å². The largest absolute Gasteiger partial charge is 0.481 e. The van der Waals surface area contributed by atoms with Gasteiger partial charge in [-0.25, -0.2) is 4.98 Å². The Morgan fingerprint density at radius 3 is 2.71 bits per heavy atom. The van der Waals surface area contributed by atoms with Gasteiger partial charge in [0.15, 0.2) is 0 Å². The fraction of sp³-hybridized carbons (Fsp3) is 0.357. The molecule has 0 amide bonds. The average molecular weight is 231 g/mol. The summed E-state index contributed by atoms with van der Waals surface area (Å²) in [5, 5.41) is 10.6. The number of benzene rings is 1. The Balaban J connectivity index is 2.62. The summed E-state index contributed by atoms with van der Waals surface area (Å²) in [5.41, 5.74) is 2.83. The van der Waals surface area contributed by atoms with Gasteiger partial charge in [-0.15, -0.1) is 0 Å². The smallest absolute Gasteiger partial charge is 0.216 e. The van der Waals surface area contributed by atoms with Crippen molar-refractivity contribution in [3.8, 4) is 5.88 Å². The molecule has 0 radical (unpaired) electrons. The number of pyridine rings is 1. The van der Waals surface area contributed by atoms with Gasteiger partial charge in [-0.05, 0) is 31.0 Å². The number of nitrogens with zero attached hydrogens (tertiary/aromatic N) is 1. The Kier molecular flexibility index (Phi) is 3.29. The lowest BCUT2D eigenvalue weighted by Crippen LogP contribution is -1.96. The van der Waals surface area contributed by atoms with Crippen molar-refractivity contribution in [1.29, 1.82) is 0 Å². The third-order valence-electron chi connectivity index (χ3n) is 2.94. The second-order valence-corrected chi connectivity index (χ2v) is 4.14. The molecule has 3 nitrogen and oxygen atoms in total. The van der Waals surface area contributed by atoms with Crippen LogP contribution in [0.3, 0.4) is 0 Å². The molecule has 1 aromatic heterocycles. The molecule has 0 aliphatic rings. The summed E-state index contributed by atoms with van der Waals surface area (Å²) in [5.74, 6) is 0.669. The molecule has 0 fully saturated rings. The topological polar surface area (TPSA) is 42.4 Å². The number of methoxy groups -OCH3 is 1. The van der Waals surface area contributed by atoms with E-state index < -0.39 is 6.10 Å². The van der Waals surface area contributed by atoms with E-state index in [9.17, 15) is 5.11 Å². The van der Waals surface area contributed by atoms with Crippen molar-refractivity contribution < 1.29 is 9.84 Å². The van der Waals surface area contributed by atoms with Crippen LogP contribution in [0.25, 0.3) is 10.9 Å². The molecular weight excluding hydrogens is 214 g/mol. The van der Waals surface area contributed by atoms with Crippen molar-refractivity contribution in [3.63, 3.8) is 0 Å². The Morgan fingerprint density at radius 2 is 2.12 bits per heavy atom. The van der Waals surface area contributed by atoms with E-state index in [2.05, 4.69) is 18.0 Å². The Morgan fingerprint density at radius 1 is 1.35 bits per heavy atom. The zero-order valence-electron chi connectivity index (χ0n) is 10.4. The van der Waals surface area contributed by atoms with E-state index >= 15 is 0 Å². The van der Waals surface area contributed by atoms with Crippen LogP contribution in [0.15, 0.2) is 24.3 Å². The van der Waals surface area contributed by atoms with Gasteiger partial charge < -0.3 is 9.84 Å². The van der Waals surface area contributed by atoms with Gasteiger partial charge in [0.05, 0.1) is 18.7 Å². The first-order chi connectivity index (χ1) is 8.15. The fourth-order valence-electron chi connectivity index (χ4n) is 1.90. The summed E-state index contributed by atoms with van der Waals surface area (Å²) in [6, 6.07) is 7.92. The summed E-state index contributed by atoms with van der Waals surface area (Å²) in [4.78, 5) is 4.47. The average Bonchev–Trinajstić information content (AvgIpc) is 2.36. The minimum Gasteiger partial charge on any atom is -0.481 e. The standard InChI is InChI=1S/C14H17NO2/c1-4-10-7-12-6-5-11(9(2)16)8-13(12)15-14(10)17-3/h5-9,16H,4H2,1-3H3. The maximum atomic E-state index is 9.55. The van der Waals surface area contributed by atoms with Crippen molar-refractivity contribution in [1.82, 2.24) is 4.98 Å². The summed E-state index contributed by atoms with van der Waals surface area (Å²) < 4.78 is 5.27. The lowest BCUT2D eigenvalue weighted by molar-refractivity contribution is 0.199. The van der Waals surface area contributed by atoms with Crippen LogP contribution >= 0.6 is 0 Å². The van der Waals surface area contributed by atoms with Crippen molar-refractivity contribution in [3.05, 3.63) is 35.4 Å². The fourth-order valence-corrected chi connectivity index (χ4v) is 1.90. The number of aliphatic hydroxyl groups excluding tert-OH is 1. The molecule has 0 saturated heterocycles. The summed E-state index contributed by atoms with van der Waals surface area (Å²) in [7, 11) is 1.63. The van der Waals surface area contributed by atoms with Crippen LogP contribution in [0, 0.1) is 0 Å². The lowest BCUT2D eigenvalue weighted by atomic mass is 10.1. The number of rotatable bonds is 3. The van der Waals surface area contributed by atoms with Gasteiger partial charge >= 0.3 is 0 Å². The van der Waals surface area contributed by atoms with E-state index in [1.54, 1.807) is 14.0 Å². The first kappa shape index (κ1) is 11.9. The minimum atomic E-state index is -0.474. The Hall–Kier alpha value is -1.61. The molecule has 90 valence electrons. The summed E-state index contributed by atoms with van der Waals surface area (Å²) >= 11 is 0. The van der Waals surface area contributed by atoms with Crippen LogP contribution in [0.5, 0.6) is 5.88 Å². The first-order valence-corrected chi connectivity index (χ1v) is 5.81. The summed E-state index contributed by atoms with van der Waals surface area (Å²) in [6.45, 7) is 3.83. The van der Waals surface area contributed by atoms with Crippen molar-refractivity contribution >= 4 is 10.9 Å². The van der Waals surface area contributed by atoms with E-state index in [1.165, 1.54) is 0 Å². The van der Waals surface area contributed by atoms with Crippen molar-refractivity contribution in [2.45, 2.75) is 26.4 Å². The third kappa shape index (κ3) is 2.24. The zero-order valence-corrected chi connectivity index (χ0v) is 10.4. The van der Waals surface area contributed by atoms with E-state index in [1.807, 2.05) is 18.2 Å². The number of fused-ring (bicyclic) bond motifs is 1. The van der Waals surface area contributed by atoms with E-state index in [-0.39, 0.29) is 0 Å². The molecule has 2 rings (SSSR count). The molecule has 1 N–H and O–H groups in total. The van der Waals surface area contributed by atoms with Crippen LogP contribution in [-0.2, 0) is 6.42 Å². The minimum absolute atomic E-state index is 0.474. The van der Waals surface area contributed by atoms with Crippen LogP contribution in [0.4, 0.5) is 0 Å². The highest BCUT2D eigenvalue weighted by Crippen LogP contribution is 2.25. The quantitative estimate of drug-likeness (QED) is 0.883. The van der Waals surface area contributed by atoms with Gasteiger partial charge in [-0.1, -0.05) is 19.1 Å². The Labute approximate surface area is 101 Å². The first-order valence-electron chi connectivity index (χ1n) is 5.81. The number of ether oxygens (including phenoxy) is 1. The number of aliphatic hydroxyl groups is 1. The zero-order chi connectivity index (χ0) is 12.4. The lowest BCUT2D eigenvalue weighted by Gasteiger charge is -2.10. The number of hydrogen-bond donors (Lipinski definition) is 1. The molecule has 0 saturated carbocycles. The Bertz CT molecular complexity index is 535. The van der Waals surface area contributed by atoms with Crippen LogP contribution < -0.4 is 4.74 Å². The molecule has 0 aliphatic heterocycles. The summed E-state index contributed by atoms with van der Waals surface area (Å²) in [6.07, 6.45) is 0.419. The molecular formula is C14H17NO2. The van der Waals surface area contributed by atoms with Gasteiger partial charge in [-0.3, -0.25) is 0 Å². The predicted molar refractivity (Wildman–Crippen MR) is 68.3 cm³/mol. The molecule has 1 heterocycles. The number of aromatic nitrogens is 1. The second kappa shape index (κ2) is 4.72. The molecule has 1 aromatic carbocycles. The van der Waals surface area contributed by atoms with Gasteiger partial charge in [0.1, 0.15) is 0 Å². The van der Waals surface area contributed by atoms with E-state index in [0.717, 1.165) is 28.5 Å². The highest BCUT2D eigenvalue weighted by Gasteiger charge is 2.08.